The number of carbonyl (C=O) groups excluding carboxylic acids is 2. The fourth-order valence-electron chi connectivity index (χ4n) is 3.25. The molecule has 27 heavy (non-hydrogen) atoms. The van der Waals surface area contributed by atoms with E-state index < -0.39 is 6.10 Å². The molecule has 2 aliphatic rings. The van der Waals surface area contributed by atoms with Crippen molar-refractivity contribution in [3.05, 3.63) is 42.5 Å². The summed E-state index contributed by atoms with van der Waals surface area (Å²) in [5.74, 6) is 1.48. The Bertz CT molecular complexity index is 882. The van der Waals surface area contributed by atoms with E-state index in [1.54, 1.807) is 42.3 Å². The van der Waals surface area contributed by atoms with Crippen molar-refractivity contribution >= 4 is 23.2 Å². The van der Waals surface area contributed by atoms with Crippen LogP contribution < -0.4 is 24.4 Å². The maximum atomic E-state index is 12.5. The number of amides is 2. The number of nitrogens with one attached hydrogen (secondary N) is 1. The molecule has 1 atom stereocenters. The Hall–Kier alpha value is -3.22. The molecule has 2 aromatic rings. The van der Waals surface area contributed by atoms with Crippen LogP contribution in [0, 0.1) is 0 Å². The molecular formula is C20H20N2O5. The van der Waals surface area contributed by atoms with E-state index in [1.807, 2.05) is 12.1 Å². The second-order valence-electron chi connectivity index (χ2n) is 6.39. The first kappa shape index (κ1) is 17.2. The zero-order valence-electron chi connectivity index (χ0n) is 14.9. The molecule has 0 aromatic heterocycles. The van der Waals surface area contributed by atoms with Crippen molar-refractivity contribution in [3.63, 3.8) is 0 Å². The quantitative estimate of drug-likeness (QED) is 0.898. The first-order valence-corrected chi connectivity index (χ1v) is 8.83. The Balaban J connectivity index is 1.48. The van der Waals surface area contributed by atoms with Gasteiger partial charge in [-0.25, -0.2) is 0 Å². The maximum Gasteiger partial charge on any atom is 0.269 e. The predicted octanol–water partition coefficient (Wildman–Crippen LogP) is 2.60. The van der Waals surface area contributed by atoms with Gasteiger partial charge in [-0.2, -0.15) is 0 Å². The van der Waals surface area contributed by atoms with E-state index in [0.717, 1.165) is 6.42 Å². The molecule has 4 rings (SSSR count). The lowest BCUT2D eigenvalue weighted by Crippen LogP contribution is -2.40. The van der Waals surface area contributed by atoms with Gasteiger partial charge in [0.25, 0.3) is 5.91 Å². The topological polar surface area (TPSA) is 77.1 Å². The lowest BCUT2D eigenvalue weighted by molar-refractivity contribution is -0.125. The Morgan fingerprint density at radius 1 is 1.22 bits per heavy atom. The van der Waals surface area contributed by atoms with Crippen LogP contribution in [0.2, 0.25) is 0 Å². The zero-order chi connectivity index (χ0) is 18.8. The van der Waals surface area contributed by atoms with Crippen molar-refractivity contribution in [1.29, 1.82) is 0 Å². The highest BCUT2D eigenvalue weighted by Gasteiger charge is 2.28. The summed E-state index contributed by atoms with van der Waals surface area (Å²) >= 11 is 0. The summed E-state index contributed by atoms with van der Waals surface area (Å²) in [7, 11) is 1.54. The first-order chi connectivity index (χ1) is 13.2. The zero-order valence-corrected chi connectivity index (χ0v) is 14.9. The lowest BCUT2D eigenvalue weighted by Gasteiger charge is -2.25. The molecule has 7 nitrogen and oxygen atoms in total. The van der Waals surface area contributed by atoms with Crippen LogP contribution in [0.5, 0.6) is 17.2 Å². The Kier molecular flexibility index (Phi) is 4.58. The van der Waals surface area contributed by atoms with E-state index >= 15 is 0 Å². The van der Waals surface area contributed by atoms with Crippen molar-refractivity contribution in [2.24, 2.45) is 0 Å². The van der Waals surface area contributed by atoms with Crippen molar-refractivity contribution in [3.8, 4) is 17.2 Å². The van der Waals surface area contributed by atoms with Crippen LogP contribution in [0.4, 0.5) is 11.4 Å². The van der Waals surface area contributed by atoms with Gasteiger partial charge in [-0.15, -0.1) is 0 Å². The fraction of sp³-hybridized carbons (Fsp3) is 0.300. The van der Waals surface area contributed by atoms with E-state index in [9.17, 15) is 9.59 Å². The molecule has 0 bridgehead atoms. The van der Waals surface area contributed by atoms with Gasteiger partial charge in [0, 0.05) is 24.7 Å². The number of para-hydroxylation sites is 2. The van der Waals surface area contributed by atoms with E-state index in [0.29, 0.717) is 41.6 Å². The molecule has 1 N–H and O–H groups in total. The minimum Gasteiger partial charge on any atom is -0.494 e. The number of rotatable bonds is 4. The number of hydrogen-bond donors (Lipinski definition) is 1. The largest absolute Gasteiger partial charge is 0.494 e. The Morgan fingerprint density at radius 2 is 2.04 bits per heavy atom. The molecule has 140 valence electrons. The van der Waals surface area contributed by atoms with Crippen molar-refractivity contribution < 1.29 is 23.8 Å². The van der Waals surface area contributed by atoms with Gasteiger partial charge in [-0.1, -0.05) is 12.1 Å². The fourth-order valence-corrected chi connectivity index (χ4v) is 3.25. The first-order valence-electron chi connectivity index (χ1n) is 8.83. The van der Waals surface area contributed by atoms with Crippen molar-refractivity contribution in [1.82, 2.24) is 0 Å². The van der Waals surface area contributed by atoms with Gasteiger partial charge in [0.2, 0.25) is 12.0 Å². The highest BCUT2D eigenvalue weighted by Crippen LogP contribution is 2.34. The highest BCUT2D eigenvalue weighted by atomic mass is 16.6. The second-order valence-corrected chi connectivity index (χ2v) is 6.39. The monoisotopic (exact) mass is 368 g/mol. The van der Waals surface area contributed by atoms with Crippen LogP contribution in [0.25, 0.3) is 0 Å². The summed E-state index contributed by atoms with van der Waals surface area (Å²) in [6.45, 7) is 0.813. The van der Waals surface area contributed by atoms with E-state index in [2.05, 4.69) is 5.32 Å². The summed E-state index contributed by atoms with van der Waals surface area (Å²) in [6.07, 6.45) is 0.633. The number of ether oxygens (including phenoxy) is 3. The normalized spacial score (nSPS) is 18.3. The van der Waals surface area contributed by atoms with Crippen LogP contribution in [-0.2, 0) is 9.59 Å². The molecule has 2 amide bonds. The molecular weight excluding hydrogens is 348 g/mol. The van der Waals surface area contributed by atoms with Crippen molar-refractivity contribution in [2.45, 2.75) is 18.9 Å². The summed E-state index contributed by atoms with van der Waals surface area (Å²) < 4.78 is 16.7. The van der Waals surface area contributed by atoms with E-state index in [4.69, 9.17) is 14.2 Å². The van der Waals surface area contributed by atoms with E-state index in [1.165, 1.54) is 0 Å². The SMILES string of the molecule is COc1cc(NC(=O)C2COc3ccccc3O2)ccc1N1CCCC1=O. The summed E-state index contributed by atoms with van der Waals surface area (Å²) in [6, 6.07) is 12.5. The third-order valence-corrected chi connectivity index (χ3v) is 4.61. The van der Waals surface area contributed by atoms with Gasteiger partial charge in [0.1, 0.15) is 12.4 Å². The summed E-state index contributed by atoms with van der Waals surface area (Å²) in [5, 5.41) is 2.82. The average Bonchev–Trinajstić information content (AvgIpc) is 3.13. The number of fused-ring (bicyclic) bond motifs is 1. The van der Waals surface area contributed by atoms with Gasteiger partial charge < -0.3 is 24.4 Å². The average molecular weight is 368 g/mol. The standard InChI is InChI=1S/C20H20N2O5/c1-25-17-11-13(8-9-14(17)22-10-4-7-19(22)23)21-20(24)18-12-26-15-5-2-3-6-16(15)27-18/h2-3,5-6,8-9,11,18H,4,7,10,12H2,1H3,(H,21,24). The lowest BCUT2D eigenvalue weighted by atomic mass is 10.2. The van der Waals surface area contributed by atoms with Gasteiger partial charge in [0.15, 0.2) is 11.5 Å². The molecule has 0 radical (unpaired) electrons. The molecule has 0 spiro atoms. The number of nitrogens with zero attached hydrogens (tertiary/aromatic N) is 1. The van der Waals surface area contributed by atoms with Gasteiger partial charge >= 0.3 is 0 Å². The van der Waals surface area contributed by atoms with Crippen LogP contribution in [0.1, 0.15) is 12.8 Å². The molecule has 2 heterocycles. The highest BCUT2D eigenvalue weighted by molar-refractivity contribution is 5.98. The van der Waals surface area contributed by atoms with Crippen LogP contribution in [0.3, 0.4) is 0 Å². The van der Waals surface area contributed by atoms with Gasteiger partial charge in [0.05, 0.1) is 12.8 Å². The molecule has 1 unspecified atom stereocenters. The Morgan fingerprint density at radius 3 is 2.78 bits per heavy atom. The van der Waals surface area contributed by atoms with Gasteiger partial charge in [-0.05, 0) is 30.7 Å². The minimum absolute atomic E-state index is 0.0801. The smallest absolute Gasteiger partial charge is 0.269 e. The number of benzene rings is 2. The maximum absolute atomic E-state index is 12.5. The third-order valence-electron chi connectivity index (χ3n) is 4.61. The molecule has 7 heteroatoms. The minimum atomic E-state index is -0.745. The number of hydrogen-bond acceptors (Lipinski definition) is 5. The van der Waals surface area contributed by atoms with Crippen LogP contribution in [0.15, 0.2) is 42.5 Å². The number of anilines is 2. The van der Waals surface area contributed by atoms with Crippen LogP contribution >= 0.6 is 0 Å². The number of carbonyl (C=O) groups is 2. The third kappa shape index (κ3) is 3.40. The summed E-state index contributed by atoms with van der Waals surface area (Å²) in [5.41, 5.74) is 1.28. The molecule has 1 fully saturated rings. The molecule has 2 aliphatic heterocycles. The second kappa shape index (κ2) is 7.19. The molecule has 1 saturated heterocycles. The Labute approximate surface area is 156 Å². The van der Waals surface area contributed by atoms with Crippen molar-refractivity contribution in [2.75, 3.05) is 30.5 Å². The predicted molar refractivity (Wildman–Crippen MR) is 99.6 cm³/mol. The number of methoxy groups -OCH3 is 1. The molecule has 0 aliphatic carbocycles. The summed E-state index contributed by atoms with van der Waals surface area (Å²) in [4.78, 5) is 26.2. The van der Waals surface area contributed by atoms with Crippen LogP contribution in [-0.4, -0.2) is 38.2 Å². The van der Waals surface area contributed by atoms with E-state index in [-0.39, 0.29) is 18.4 Å². The van der Waals surface area contributed by atoms with Gasteiger partial charge in [-0.3, -0.25) is 9.59 Å². The molecule has 0 saturated carbocycles. The molecule has 2 aromatic carbocycles.